The summed E-state index contributed by atoms with van der Waals surface area (Å²) in [5.41, 5.74) is 1.28. The van der Waals surface area contributed by atoms with Gasteiger partial charge in [-0.3, -0.25) is 0 Å². The van der Waals surface area contributed by atoms with Crippen LogP contribution in [0, 0.1) is 0 Å². The van der Waals surface area contributed by atoms with Crippen molar-refractivity contribution >= 4 is 0 Å². The Morgan fingerprint density at radius 2 is 2.18 bits per heavy atom. The Morgan fingerprint density at radius 3 is 2.82 bits per heavy atom. The highest BCUT2D eigenvalue weighted by Crippen LogP contribution is 2.07. The van der Waals surface area contributed by atoms with Crippen LogP contribution < -0.4 is 10.6 Å². The molecule has 3 N–H and O–H groups in total. The standard InChI is InChI=1S/C14H22N2O/c17-11-14(9-12-5-2-1-3-6-12)16-13-7-4-8-15-10-13/h1-3,5-6,13-17H,4,7-11H2. The normalized spacial score (nSPS) is 22.3. The minimum Gasteiger partial charge on any atom is -0.395 e. The zero-order chi connectivity index (χ0) is 11.9. The van der Waals surface area contributed by atoms with Crippen molar-refractivity contribution in [2.75, 3.05) is 19.7 Å². The Kier molecular flexibility index (Phi) is 4.98. The molecule has 2 unspecified atom stereocenters. The van der Waals surface area contributed by atoms with Gasteiger partial charge < -0.3 is 15.7 Å². The lowest BCUT2D eigenvalue weighted by atomic mass is 10.0. The lowest BCUT2D eigenvalue weighted by Gasteiger charge is -2.28. The van der Waals surface area contributed by atoms with E-state index in [4.69, 9.17) is 0 Å². The van der Waals surface area contributed by atoms with Gasteiger partial charge in [0.15, 0.2) is 0 Å². The first kappa shape index (κ1) is 12.6. The third-order valence-corrected chi connectivity index (χ3v) is 3.31. The lowest BCUT2D eigenvalue weighted by molar-refractivity contribution is 0.221. The SMILES string of the molecule is OCC(Cc1ccccc1)NC1CCCNC1. The van der Waals surface area contributed by atoms with Crippen LogP contribution in [-0.4, -0.2) is 36.9 Å². The van der Waals surface area contributed by atoms with Gasteiger partial charge in [0.05, 0.1) is 6.61 Å². The zero-order valence-electron chi connectivity index (χ0n) is 10.2. The molecule has 3 heteroatoms. The molecule has 0 spiro atoms. The Balaban J connectivity index is 1.83. The Labute approximate surface area is 103 Å². The summed E-state index contributed by atoms with van der Waals surface area (Å²) < 4.78 is 0. The molecular formula is C14H22N2O. The van der Waals surface area contributed by atoms with Crippen LogP contribution in [-0.2, 0) is 6.42 Å². The minimum atomic E-state index is 0.169. The van der Waals surface area contributed by atoms with Gasteiger partial charge in [0.1, 0.15) is 0 Å². The molecule has 17 heavy (non-hydrogen) atoms. The largest absolute Gasteiger partial charge is 0.395 e. The van der Waals surface area contributed by atoms with Gasteiger partial charge in [-0.25, -0.2) is 0 Å². The van der Waals surface area contributed by atoms with E-state index in [1.54, 1.807) is 0 Å². The first-order chi connectivity index (χ1) is 8.38. The molecule has 1 fully saturated rings. The number of benzene rings is 1. The Morgan fingerprint density at radius 1 is 1.35 bits per heavy atom. The number of nitrogens with one attached hydrogen (secondary N) is 2. The highest BCUT2D eigenvalue weighted by Gasteiger charge is 2.17. The minimum absolute atomic E-state index is 0.169. The number of hydrogen-bond donors (Lipinski definition) is 3. The fourth-order valence-electron chi connectivity index (χ4n) is 2.40. The Hall–Kier alpha value is -0.900. The molecule has 94 valence electrons. The van der Waals surface area contributed by atoms with Crippen molar-refractivity contribution < 1.29 is 5.11 Å². The summed E-state index contributed by atoms with van der Waals surface area (Å²) in [6.07, 6.45) is 3.33. The van der Waals surface area contributed by atoms with Crippen LogP contribution in [0.25, 0.3) is 0 Å². The predicted molar refractivity (Wildman–Crippen MR) is 70.0 cm³/mol. The van der Waals surface area contributed by atoms with Crippen LogP contribution in [0.4, 0.5) is 0 Å². The van der Waals surface area contributed by atoms with Crippen molar-refractivity contribution in [3.05, 3.63) is 35.9 Å². The summed E-state index contributed by atoms with van der Waals surface area (Å²) in [7, 11) is 0. The number of aliphatic hydroxyl groups is 1. The summed E-state index contributed by atoms with van der Waals surface area (Å²) in [5.74, 6) is 0. The van der Waals surface area contributed by atoms with Crippen molar-refractivity contribution in [1.82, 2.24) is 10.6 Å². The van der Waals surface area contributed by atoms with Gasteiger partial charge in [0, 0.05) is 18.6 Å². The van der Waals surface area contributed by atoms with E-state index in [1.165, 1.54) is 18.4 Å². The average molecular weight is 234 g/mol. The maximum absolute atomic E-state index is 9.44. The van der Waals surface area contributed by atoms with E-state index >= 15 is 0 Å². The molecule has 1 aliphatic heterocycles. The van der Waals surface area contributed by atoms with Crippen LogP contribution in [0.15, 0.2) is 30.3 Å². The second-order valence-electron chi connectivity index (χ2n) is 4.78. The first-order valence-corrected chi connectivity index (χ1v) is 6.50. The summed E-state index contributed by atoms with van der Waals surface area (Å²) in [6, 6.07) is 11.0. The molecule has 1 aromatic rings. The molecule has 1 heterocycles. The maximum Gasteiger partial charge on any atom is 0.0587 e. The molecule has 0 amide bonds. The summed E-state index contributed by atoms with van der Waals surface area (Å²) >= 11 is 0. The maximum atomic E-state index is 9.44. The summed E-state index contributed by atoms with van der Waals surface area (Å²) in [6.45, 7) is 2.34. The smallest absolute Gasteiger partial charge is 0.0587 e. The van der Waals surface area contributed by atoms with E-state index in [0.29, 0.717) is 6.04 Å². The van der Waals surface area contributed by atoms with E-state index in [0.717, 1.165) is 19.5 Å². The molecule has 2 atom stereocenters. The van der Waals surface area contributed by atoms with Crippen molar-refractivity contribution in [2.24, 2.45) is 0 Å². The average Bonchev–Trinajstić information content (AvgIpc) is 2.40. The van der Waals surface area contributed by atoms with E-state index in [9.17, 15) is 5.11 Å². The topological polar surface area (TPSA) is 44.3 Å². The van der Waals surface area contributed by atoms with E-state index in [1.807, 2.05) is 18.2 Å². The number of piperidine rings is 1. The van der Waals surface area contributed by atoms with Crippen molar-refractivity contribution in [3.8, 4) is 0 Å². The van der Waals surface area contributed by atoms with E-state index in [-0.39, 0.29) is 12.6 Å². The van der Waals surface area contributed by atoms with Crippen molar-refractivity contribution in [1.29, 1.82) is 0 Å². The molecule has 0 bridgehead atoms. The summed E-state index contributed by atoms with van der Waals surface area (Å²) in [5, 5.41) is 16.4. The third kappa shape index (κ3) is 4.11. The number of hydrogen-bond acceptors (Lipinski definition) is 3. The molecule has 1 aromatic carbocycles. The molecule has 2 rings (SSSR count). The highest BCUT2D eigenvalue weighted by molar-refractivity contribution is 5.16. The van der Waals surface area contributed by atoms with Gasteiger partial charge >= 0.3 is 0 Å². The Bertz CT molecular complexity index is 309. The molecule has 1 saturated heterocycles. The van der Waals surface area contributed by atoms with Gasteiger partial charge in [0.25, 0.3) is 0 Å². The fraction of sp³-hybridized carbons (Fsp3) is 0.571. The van der Waals surface area contributed by atoms with Crippen LogP contribution in [0.3, 0.4) is 0 Å². The number of rotatable bonds is 5. The molecule has 0 saturated carbocycles. The van der Waals surface area contributed by atoms with E-state index in [2.05, 4.69) is 22.8 Å². The lowest BCUT2D eigenvalue weighted by Crippen LogP contribution is -2.49. The van der Waals surface area contributed by atoms with Gasteiger partial charge in [-0.1, -0.05) is 30.3 Å². The fourth-order valence-corrected chi connectivity index (χ4v) is 2.40. The monoisotopic (exact) mass is 234 g/mol. The number of aliphatic hydroxyl groups excluding tert-OH is 1. The second-order valence-corrected chi connectivity index (χ2v) is 4.78. The molecular weight excluding hydrogens is 212 g/mol. The van der Waals surface area contributed by atoms with Gasteiger partial charge in [-0.2, -0.15) is 0 Å². The van der Waals surface area contributed by atoms with Crippen LogP contribution in [0.5, 0.6) is 0 Å². The summed E-state index contributed by atoms with van der Waals surface area (Å²) in [4.78, 5) is 0. The highest BCUT2D eigenvalue weighted by atomic mass is 16.3. The molecule has 0 aliphatic carbocycles. The molecule has 0 radical (unpaired) electrons. The zero-order valence-corrected chi connectivity index (χ0v) is 10.2. The van der Waals surface area contributed by atoms with Crippen molar-refractivity contribution in [3.63, 3.8) is 0 Å². The van der Waals surface area contributed by atoms with Crippen LogP contribution >= 0.6 is 0 Å². The van der Waals surface area contributed by atoms with Gasteiger partial charge in [-0.15, -0.1) is 0 Å². The molecule has 3 nitrogen and oxygen atoms in total. The van der Waals surface area contributed by atoms with Crippen molar-refractivity contribution in [2.45, 2.75) is 31.3 Å². The van der Waals surface area contributed by atoms with Crippen LogP contribution in [0.1, 0.15) is 18.4 Å². The quantitative estimate of drug-likeness (QED) is 0.710. The van der Waals surface area contributed by atoms with Crippen LogP contribution in [0.2, 0.25) is 0 Å². The second kappa shape index (κ2) is 6.74. The van der Waals surface area contributed by atoms with E-state index < -0.39 is 0 Å². The van der Waals surface area contributed by atoms with Gasteiger partial charge in [-0.05, 0) is 31.4 Å². The molecule has 0 aromatic heterocycles. The third-order valence-electron chi connectivity index (χ3n) is 3.31. The molecule has 1 aliphatic rings. The first-order valence-electron chi connectivity index (χ1n) is 6.50. The predicted octanol–water partition coefficient (Wildman–Crippen LogP) is 0.932. The van der Waals surface area contributed by atoms with Gasteiger partial charge in [0.2, 0.25) is 0 Å².